The highest BCUT2D eigenvalue weighted by molar-refractivity contribution is 8.15. The molecule has 0 aromatic heterocycles. The molecule has 1 saturated heterocycles. The summed E-state index contributed by atoms with van der Waals surface area (Å²) in [5, 5.41) is 0.604. The molecular formula is C20H24N2O5S. The predicted octanol–water partition coefficient (Wildman–Crippen LogP) is 3.31. The maximum atomic E-state index is 12.7. The zero-order valence-corrected chi connectivity index (χ0v) is 17.3. The average Bonchev–Trinajstić information content (AvgIpc) is 3.03. The number of esters is 1. The van der Waals surface area contributed by atoms with Crippen molar-refractivity contribution in [3.8, 4) is 11.5 Å². The Morgan fingerprint density at radius 1 is 1.18 bits per heavy atom. The summed E-state index contributed by atoms with van der Waals surface area (Å²) in [5.41, 5.74) is 1.68. The molecule has 1 atom stereocenters. The molecular weight excluding hydrogens is 380 g/mol. The third-order valence-electron chi connectivity index (χ3n) is 4.36. The first-order chi connectivity index (χ1) is 13.5. The zero-order chi connectivity index (χ0) is 20.3. The number of aliphatic imine (C=N–C) groups is 1. The van der Waals surface area contributed by atoms with Crippen molar-refractivity contribution in [3.05, 3.63) is 35.0 Å². The van der Waals surface area contributed by atoms with Gasteiger partial charge in [-0.2, -0.15) is 0 Å². The van der Waals surface area contributed by atoms with Crippen LogP contribution in [0.3, 0.4) is 0 Å². The van der Waals surface area contributed by atoms with Crippen LogP contribution in [0.2, 0.25) is 0 Å². The van der Waals surface area contributed by atoms with E-state index in [-0.39, 0.29) is 12.5 Å². The van der Waals surface area contributed by atoms with Crippen molar-refractivity contribution in [2.75, 3.05) is 25.6 Å². The Kier molecular flexibility index (Phi) is 6.28. The predicted molar refractivity (Wildman–Crippen MR) is 108 cm³/mol. The molecule has 7 nitrogen and oxygen atoms in total. The average molecular weight is 404 g/mol. The Morgan fingerprint density at radius 3 is 2.57 bits per heavy atom. The van der Waals surface area contributed by atoms with E-state index in [2.05, 4.69) is 4.99 Å². The number of amidine groups is 1. The Labute approximate surface area is 168 Å². The van der Waals surface area contributed by atoms with Gasteiger partial charge >= 0.3 is 5.97 Å². The van der Waals surface area contributed by atoms with Crippen molar-refractivity contribution < 1.29 is 23.8 Å². The van der Waals surface area contributed by atoms with Crippen LogP contribution in [0, 0.1) is 0 Å². The van der Waals surface area contributed by atoms with Gasteiger partial charge in [0.25, 0.3) is 0 Å². The van der Waals surface area contributed by atoms with E-state index in [0.29, 0.717) is 46.9 Å². The van der Waals surface area contributed by atoms with Gasteiger partial charge in [-0.3, -0.25) is 9.69 Å². The summed E-state index contributed by atoms with van der Waals surface area (Å²) >= 11 is 1.37. The Balaban J connectivity index is 2.12. The number of hydrogen-bond donors (Lipinski definition) is 0. The van der Waals surface area contributed by atoms with E-state index >= 15 is 0 Å². The molecule has 0 spiro atoms. The lowest BCUT2D eigenvalue weighted by Crippen LogP contribution is -2.39. The second kappa shape index (κ2) is 8.68. The molecule has 1 unspecified atom stereocenters. The lowest BCUT2D eigenvalue weighted by Gasteiger charge is -2.33. The number of benzene rings is 1. The molecule has 0 N–H and O–H groups in total. The fourth-order valence-electron chi connectivity index (χ4n) is 3.26. The topological polar surface area (TPSA) is 77.4 Å². The van der Waals surface area contributed by atoms with Gasteiger partial charge in [-0.25, -0.2) is 9.79 Å². The quantitative estimate of drug-likeness (QED) is 0.649. The minimum absolute atomic E-state index is 0.0881. The maximum Gasteiger partial charge on any atom is 0.338 e. The van der Waals surface area contributed by atoms with Crippen LogP contribution >= 0.6 is 11.8 Å². The Morgan fingerprint density at radius 2 is 1.89 bits per heavy atom. The number of allylic oxidation sites excluding steroid dienone is 1. The molecule has 0 saturated carbocycles. The summed E-state index contributed by atoms with van der Waals surface area (Å²) in [5.74, 6) is 0.942. The number of fused-ring (bicyclic) bond motifs is 1. The van der Waals surface area contributed by atoms with Crippen molar-refractivity contribution >= 4 is 28.8 Å². The van der Waals surface area contributed by atoms with E-state index in [4.69, 9.17) is 14.2 Å². The first-order valence-electron chi connectivity index (χ1n) is 9.32. The fraction of sp³-hybridized carbons (Fsp3) is 0.450. The molecule has 150 valence electrons. The summed E-state index contributed by atoms with van der Waals surface area (Å²) in [6, 6.07) is 4.87. The van der Waals surface area contributed by atoms with Crippen LogP contribution in [-0.2, 0) is 14.3 Å². The van der Waals surface area contributed by atoms with Crippen molar-refractivity contribution in [1.29, 1.82) is 0 Å². The second-order valence-corrected chi connectivity index (χ2v) is 7.08. The molecule has 1 amide bonds. The minimum atomic E-state index is -0.607. The van der Waals surface area contributed by atoms with Gasteiger partial charge in [-0.05, 0) is 45.4 Å². The second-order valence-electron chi connectivity index (χ2n) is 6.14. The van der Waals surface area contributed by atoms with E-state index in [1.165, 1.54) is 11.8 Å². The molecule has 1 aromatic rings. The lowest BCUT2D eigenvalue weighted by molar-refractivity contribution is -0.139. The number of rotatable bonds is 7. The van der Waals surface area contributed by atoms with Crippen LogP contribution in [0.25, 0.3) is 0 Å². The zero-order valence-electron chi connectivity index (χ0n) is 16.5. The SMILES string of the molecule is CCOC(=O)C1=C(C)N=C2SCC(=O)N2C1c1ccc(OCC)c(OCC)c1. The molecule has 1 fully saturated rings. The third kappa shape index (κ3) is 3.73. The van der Waals surface area contributed by atoms with Gasteiger partial charge in [0.15, 0.2) is 16.7 Å². The van der Waals surface area contributed by atoms with Crippen molar-refractivity contribution in [2.45, 2.75) is 33.7 Å². The number of amides is 1. The molecule has 1 aromatic carbocycles. The van der Waals surface area contributed by atoms with E-state index < -0.39 is 12.0 Å². The smallest absolute Gasteiger partial charge is 0.338 e. The van der Waals surface area contributed by atoms with Gasteiger partial charge in [0.2, 0.25) is 5.91 Å². The number of hydrogen-bond acceptors (Lipinski definition) is 7. The van der Waals surface area contributed by atoms with E-state index in [0.717, 1.165) is 5.56 Å². The molecule has 0 bridgehead atoms. The summed E-state index contributed by atoms with van der Waals surface area (Å²) in [4.78, 5) is 31.4. The molecule has 2 aliphatic heterocycles. The van der Waals surface area contributed by atoms with Crippen molar-refractivity contribution in [1.82, 2.24) is 4.90 Å². The van der Waals surface area contributed by atoms with E-state index in [1.807, 2.05) is 26.0 Å². The Hall–Kier alpha value is -2.48. The van der Waals surface area contributed by atoms with E-state index in [9.17, 15) is 9.59 Å². The Bertz CT molecular complexity index is 849. The standard InChI is InChI=1S/C20H24N2O5S/c1-5-25-14-9-8-13(10-15(14)26-6-2)18-17(19(24)27-7-3)12(4)21-20-22(18)16(23)11-28-20/h8-10,18H,5-7,11H2,1-4H3. The highest BCUT2D eigenvalue weighted by atomic mass is 32.2. The van der Waals surface area contributed by atoms with Crippen LogP contribution < -0.4 is 9.47 Å². The van der Waals surface area contributed by atoms with Crippen LogP contribution in [0.1, 0.15) is 39.3 Å². The van der Waals surface area contributed by atoms with Crippen molar-refractivity contribution in [3.63, 3.8) is 0 Å². The van der Waals surface area contributed by atoms with Crippen LogP contribution in [0.4, 0.5) is 0 Å². The highest BCUT2D eigenvalue weighted by Crippen LogP contribution is 2.43. The van der Waals surface area contributed by atoms with Crippen molar-refractivity contribution in [2.24, 2.45) is 4.99 Å². The summed E-state index contributed by atoms with van der Waals surface area (Å²) in [7, 11) is 0. The molecule has 0 aliphatic carbocycles. The lowest BCUT2D eigenvalue weighted by atomic mass is 9.94. The number of ether oxygens (including phenoxy) is 3. The van der Waals surface area contributed by atoms with E-state index in [1.54, 1.807) is 24.8 Å². The number of nitrogens with zero attached hydrogens (tertiary/aromatic N) is 2. The molecule has 2 aliphatic rings. The summed E-state index contributed by atoms with van der Waals surface area (Å²) in [6.07, 6.45) is 0. The fourth-order valence-corrected chi connectivity index (χ4v) is 4.20. The molecule has 28 heavy (non-hydrogen) atoms. The van der Waals surface area contributed by atoms with Crippen LogP contribution in [0.5, 0.6) is 11.5 Å². The maximum absolute atomic E-state index is 12.7. The normalized spacial score (nSPS) is 18.7. The van der Waals surface area contributed by atoms with Crippen LogP contribution in [0.15, 0.2) is 34.5 Å². The molecule has 8 heteroatoms. The first-order valence-corrected chi connectivity index (χ1v) is 10.3. The van der Waals surface area contributed by atoms with Gasteiger partial charge in [0.1, 0.15) is 0 Å². The summed E-state index contributed by atoms with van der Waals surface area (Å²) in [6.45, 7) is 8.54. The van der Waals surface area contributed by atoms with Gasteiger partial charge in [0.05, 0.1) is 42.9 Å². The molecule has 3 rings (SSSR count). The highest BCUT2D eigenvalue weighted by Gasteiger charge is 2.43. The van der Waals surface area contributed by atoms with Gasteiger partial charge < -0.3 is 14.2 Å². The third-order valence-corrected chi connectivity index (χ3v) is 5.30. The van der Waals surface area contributed by atoms with Gasteiger partial charge in [-0.15, -0.1) is 0 Å². The number of carbonyl (C=O) groups excluding carboxylic acids is 2. The van der Waals surface area contributed by atoms with Gasteiger partial charge in [-0.1, -0.05) is 17.8 Å². The van der Waals surface area contributed by atoms with Gasteiger partial charge in [0, 0.05) is 0 Å². The van der Waals surface area contributed by atoms with Crippen LogP contribution in [-0.4, -0.2) is 47.5 Å². The first kappa shape index (κ1) is 20.3. The summed E-state index contributed by atoms with van der Waals surface area (Å²) < 4.78 is 16.6. The number of carbonyl (C=O) groups is 2. The minimum Gasteiger partial charge on any atom is -0.490 e. The number of thioether (sulfide) groups is 1. The largest absolute Gasteiger partial charge is 0.490 e. The molecule has 0 radical (unpaired) electrons. The molecule has 2 heterocycles. The monoisotopic (exact) mass is 404 g/mol.